The molecule has 0 N–H and O–H groups in total. The highest BCUT2D eigenvalue weighted by molar-refractivity contribution is 6.30. The molecule has 38 heavy (non-hydrogen) atoms. The Morgan fingerprint density at radius 1 is 1.11 bits per heavy atom. The van der Waals surface area contributed by atoms with E-state index in [0.717, 1.165) is 18.7 Å². The number of amides is 2. The molecule has 0 bridgehead atoms. The minimum absolute atomic E-state index is 0.0698. The second-order valence-electron chi connectivity index (χ2n) is 11.0. The van der Waals surface area contributed by atoms with Crippen molar-refractivity contribution in [3.05, 3.63) is 70.5 Å². The van der Waals surface area contributed by atoms with Crippen LogP contribution in [0.4, 0.5) is 4.39 Å². The highest BCUT2D eigenvalue weighted by Gasteiger charge is 2.35. The third kappa shape index (κ3) is 7.40. The molecule has 4 rings (SSSR count). The quantitative estimate of drug-likeness (QED) is 0.483. The Labute approximate surface area is 229 Å². The zero-order valence-electron chi connectivity index (χ0n) is 22.3. The summed E-state index contributed by atoms with van der Waals surface area (Å²) in [6, 6.07) is 13.3. The van der Waals surface area contributed by atoms with Crippen LogP contribution >= 0.6 is 11.6 Å². The number of hydrogen-bond acceptors (Lipinski definition) is 5. The first kappa shape index (κ1) is 28.2. The van der Waals surface area contributed by atoms with Crippen LogP contribution in [0.5, 0.6) is 0 Å². The number of halogens is 2. The molecule has 0 aliphatic carbocycles. The highest BCUT2D eigenvalue weighted by Crippen LogP contribution is 2.34. The predicted molar refractivity (Wildman–Crippen MR) is 147 cm³/mol. The zero-order valence-corrected chi connectivity index (χ0v) is 23.1. The van der Waals surface area contributed by atoms with Gasteiger partial charge in [-0.3, -0.25) is 14.5 Å². The highest BCUT2D eigenvalue weighted by atomic mass is 35.5. The summed E-state index contributed by atoms with van der Waals surface area (Å²) in [5.74, 6) is -0.761. The standard InChI is InChI=1S/C29H36ClFN4O3/c1-29(2,3)19-27(36)34(13-12-33-14-16-38-17-15-33)20-28(37)35-26(21-8-10-22(30)11-9-21)18-25(32-35)23-6-4-5-7-24(23)31/h4-11,26H,12-20H2,1-3H3. The molecule has 204 valence electrons. The lowest BCUT2D eigenvalue weighted by Gasteiger charge is -2.32. The average molecular weight is 543 g/mol. The molecule has 2 heterocycles. The first-order valence-corrected chi connectivity index (χ1v) is 13.5. The lowest BCUT2D eigenvalue weighted by molar-refractivity contribution is -0.142. The molecule has 1 fully saturated rings. The van der Waals surface area contributed by atoms with Crippen LogP contribution in [0.15, 0.2) is 53.6 Å². The van der Waals surface area contributed by atoms with E-state index in [-0.39, 0.29) is 29.6 Å². The molecule has 2 aliphatic rings. The fraction of sp³-hybridized carbons (Fsp3) is 0.483. The van der Waals surface area contributed by atoms with E-state index in [1.54, 1.807) is 35.2 Å². The molecule has 2 aromatic carbocycles. The molecule has 2 aliphatic heterocycles. The summed E-state index contributed by atoms with van der Waals surface area (Å²) in [6.07, 6.45) is 0.686. The van der Waals surface area contributed by atoms with Gasteiger partial charge in [0.2, 0.25) is 5.91 Å². The second-order valence-corrected chi connectivity index (χ2v) is 11.5. The molecular weight excluding hydrogens is 507 g/mol. The predicted octanol–water partition coefficient (Wildman–Crippen LogP) is 4.75. The first-order chi connectivity index (χ1) is 18.1. The number of ether oxygens (including phenoxy) is 1. The Hall–Kier alpha value is -2.81. The van der Waals surface area contributed by atoms with Crippen LogP contribution in [0.2, 0.25) is 5.02 Å². The van der Waals surface area contributed by atoms with Gasteiger partial charge in [-0.25, -0.2) is 9.40 Å². The normalized spacial score (nSPS) is 18.4. The van der Waals surface area contributed by atoms with Crippen molar-refractivity contribution in [3.8, 4) is 0 Å². The molecule has 1 unspecified atom stereocenters. The van der Waals surface area contributed by atoms with Gasteiger partial charge in [0.1, 0.15) is 12.4 Å². The van der Waals surface area contributed by atoms with Gasteiger partial charge < -0.3 is 9.64 Å². The number of rotatable bonds is 8. The van der Waals surface area contributed by atoms with Crippen LogP contribution in [0.1, 0.15) is 50.8 Å². The van der Waals surface area contributed by atoms with Crippen LogP contribution in [-0.2, 0) is 14.3 Å². The molecule has 0 aromatic heterocycles. The zero-order chi connectivity index (χ0) is 27.3. The minimum atomic E-state index is -0.423. The summed E-state index contributed by atoms with van der Waals surface area (Å²) in [7, 11) is 0. The number of hydrazone groups is 1. The van der Waals surface area contributed by atoms with Gasteiger partial charge in [-0.2, -0.15) is 5.10 Å². The van der Waals surface area contributed by atoms with E-state index in [1.165, 1.54) is 11.1 Å². The smallest absolute Gasteiger partial charge is 0.262 e. The summed E-state index contributed by atoms with van der Waals surface area (Å²) in [6.45, 7) is 9.96. The summed E-state index contributed by atoms with van der Waals surface area (Å²) in [4.78, 5) is 31.0. The van der Waals surface area contributed by atoms with Gasteiger partial charge in [0.15, 0.2) is 0 Å². The van der Waals surface area contributed by atoms with E-state index in [1.807, 2.05) is 32.9 Å². The number of carbonyl (C=O) groups excluding carboxylic acids is 2. The second kappa shape index (κ2) is 12.4. The van der Waals surface area contributed by atoms with Crippen molar-refractivity contribution < 1.29 is 18.7 Å². The maximum absolute atomic E-state index is 14.6. The maximum atomic E-state index is 14.6. The molecule has 1 atom stereocenters. The van der Waals surface area contributed by atoms with Crippen molar-refractivity contribution in [2.24, 2.45) is 10.5 Å². The lowest BCUT2D eigenvalue weighted by atomic mass is 9.91. The molecular formula is C29H36ClFN4O3. The third-order valence-corrected chi connectivity index (χ3v) is 7.01. The Morgan fingerprint density at radius 2 is 1.79 bits per heavy atom. The Morgan fingerprint density at radius 3 is 2.45 bits per heavy atom. The molecule has 2 amide bonds. The van der Waals surface area contributed by atoms with E-state index < -0.39 is 6.04 Å². The summed E-state index contributed by atoms with van der Waals surface area (Å²) in [5, 5.41) is 6.60. The van der Waals surface area contributed by atoms with Gasteiger partial charge in [-0.05, 0) is 29.2 Å². The monoisotopic (exact) mass is 542 g/mol. The molecule has 2 aromatic rings. The van der Waals surface area contributed by atoms with Gasteiger partial charge in [-0.1, -0.05) is 62.7 Å². The molecule has 0 spiro atoms. The summed E-state index contributed by atoms with van der Waals surface area (Å²) < 4.78 is 20.1. The third-order valence-electron chi connectivity index (χ3n) is 6.76. The Bertz CT molecular complexity index is 1160. The van der Waals surface area contributed by atoms with E-state index in [4.69, 9.17) is 16.3 Å². The minimum Gasteiger partial charge on any atom is -0.379 e. The molecule has 0 radical (unpaired) electrons. The van der Waals surface area contributed by atoms with Crippen molar-refractivity contribution in [2.45, 2.75) is 39.7 Å². The largest absolute Gasteiger partial charge is 0.379 e. The van der Waals surface area contributed by atoms with E-state index in [0.29, 0.717) is 55.4 Å². The van der Waals surface area contributed by atoms with Crippen LogP contribution in [0.3, 0.4) is 0 Å². The molecule has 0 saturated carbocycles. The molecule has 1 saturated heterocycles. The summed E-state index contributed by atoms with van der Waals surface area (Å²) in [5.41, 5.74) is 1.50. The Kier molecular flexibility index (Phi) is 9.18. The number of hydrogen-bond donors (Lipinski definition) is 0. The van der Waals surface area contributed by atoms with Crippen LogP contribution in [-0.4, -0.2) is 78.3 Å². The van der Waals surface area contributed by atoms with Gasteiger partial charge >= 0.3 is 0 Å². The lowest BCUT2D eigenvalue weighted by Crippen LogP contribution is -2.47. The number of carbonyl (C=O) groups is 2. The topological polar surface area (TPSA) is 65.5 Å². The maximum Gasteiger partial charge on any atom is 0.262 e. The average Bonchev–Trinajstić information content (AvgIpc) is 3.32. The number of nitrogens with zero attached hydrogens (tertiary/aromatic N) is 4. The fourth-order valence-corrected chi connectivity index (χ4v) is 4.85. The number of benzene rings is 2. The van der Waals surface area contributed by atoms with Gasteiger partial charge in [0.05, 0.1) is 25.0 Å². The Balaban J connectivity index is 1.58. The van der Waals surface area contributed by atoms with Crippen molar-refractivity contribution in [1.29, 1.82) is 0 Å². The van der Waals surface area contributed by atoms with Crippen LogP contribution in [0.25, 0.3) is 0 Å². The molecule has 9 heteroatoms. The van der Waals surface area contributed by atoms with Crippen molar-refractivity contribution in [1.82, 2.24) is 14.8 Å². The molecule has 7 nitrogen and oxygen atoms in total. The van der Waals surface area contributed by atoms with E-state index >= 15 is 0 Å². The van der Waals surface area contributed by atoms with Crippen LogP contribution < -0.4 is 0 Å². The SMILES string of the molecule is CC(C)(C)CC(=O)N(CCN1CCOCC1)CC(=O)N1N=C(c2ccccc2F)CC1c1ccc(Cl)cc1. The van der Waals surface area contributed by atoms with Gasteiger partial charge in [-0.15, -0.1) is 0 Å². The fourth-order valence-electron chi connectivity index (χ4n) is 4.72. The van der Waals surface area contributed by atoms with Gasteiger partial charge in [0, 0.05) is 49.6 Å². The number of morpholine rings is 1. The van der Waals surface area contributed by atoms with Crippen LogP contribution in [0, 0.1) is 11.2 Å². The van der Waals surface area contributed by atoms with E-state index in [2.05, 4.69) is 10.0 Å². The van der Waals surface area contributed by atoms with Crippen molar-refractivity contribution >= 4 is 29.1 Å². The van der Waals surface area contributed by atoms with E-state index in [9.17, 15) is 14.0 Å². The van der Waals surface area contributed by atoms with Crippen molar-refractivity contribution in [3.63, 3.8) is 0 Å². The van der Waals surface area contributed by atoms with Crippen molar-refractivity contribution in [2.75, 3.05) is 45.9 Å². The summed E-state index contributed by atoms with van der Waals surface area (Å²) >= 11 is 6.10. The first-order valence-electron chi connectivity index (χ1n) is 13.1. The van der Waals surface area contributed by atoms with Gasteiger partial charge in [0.25, 0.3) is 5.91 Å².